The highest BCUT2D eigenvalue weighted by molar-refractivity contribution is 6.53. The molecule has 3 aromatic rings. The first kappa shape index (κ1) is 47.0. The summed E-state index contributed by atoms with van der Waals surface area (Å²) >= 11 is 28.8. The minimum atomic E-state index is -1.01. The minimum absolute atomic E-state index is 0.0371. The Balaban J connectivity index is 0.000000408. The first-order chi connectivity index (χ1) is 24.4. The van der Waals surface area contributed by atoms with E-state index in [1.165, 1.54) is 11.0 Å². The molecule has 0 bridgehead atoms. The molecule has 0 spiro atoms. The lowest BCUT2D eigenvalue weighted by Gasteiger charge is -2.26. The molecule has 0 aliphatic heterocycles. The van der Waals surface area contributed by atoms with Crippen LogP contribution in [0.4, 0.5) is 5.69 Å². The Bertz CT molecular complexity index is 1650. The van der Waals surface area contributed by atoms with Crippen molar-refractivity contribution < 1.29 is 23.5 Å². The molecule has 0 saturated heterocycles. The number of para-hydroxylation sites is 1. The van der Waals surface area contributed by atoms with E-state index in [1.807, 2.05) is 52.8 Å². The monoisotopic (exact) mass is 820 g/mol. The fourth-order valence-electron chi connectivity index (χ4n) is 4.49. The number of carbonyl (C=O) groups is 2. The van der Waals surface area contributed by atoms with Gasteiger partial charge in [0.15, 0.2) is 4.84 Å². The second-order valence-corrected chi connectivity index (χ2v) is 14.5. The number of anilines is 1. The van der Waals surface area contributed by atoms with Gasteiger partial charge in [-0.2, -0.15) is 4.68 Å². The van der Waals surface area contributed by atoms with Gasteiger partial charge in [-0.25, -0.2) is 4.79 Å². The third-order valence-corrected chi connectivity index (χ3v) is 8.09. The molecule has 3 rings (SSSR count). The molecule has 0 aliphatic carbocycles. The van der Waals surface area contributed by atoms with Crippen molar-refractivity contribution in [3.8, 4) is 11.4 Å². The van der Waals surface area contributed by atoms with E-state index in [1.54, 1.807) is 30.2 Å². The van der Waals surface area contributed by atoms with Crippen molar-refractivity contribution in [1.29, 1.82) is 0 Å². The van der Waals surface area contributed by atoms with Gasteiger partial charge in [0, 0.05) is 31.7 Å². The Labute approximate surface area is 332 Å². The van der Waals surface area contributed by atoms with E-state index in [0.717, 1.165) is 34.3 Å². The SMILES string of the molecule is C=CCN(CC=C)C(=O)C(Cl)Cl.CC(C)Oc1cc(-n2nc(C(C)(C)C)oc2=O)c(Cl)cc1Cl.CCc1cccc(CC)c1N(COC)C(=O)CCl. The molecule has 0 unspecified atom stereocenters. The van der Waals surface area contributed by atoms with Crippen molar-refractivity contribution in [2.24, 2.45) is 0 Å². The lowest BCUT2D eigenvalue weighted by molar-refractivity contribution is -0.128. The molecular formula is C37H49Cl5N4O6. The van der Waals surface area contributed by atoms with E-state index in [4.69, 9.17) is 71.9 Å². The molecule has 0 saturated carbocycles. The van der Waals surface area contributed by atoms with Crippen LogP contribution >= 0.6 is 58.0 Å². The number of ether oxygens (including phenoxy) is 2. The van der Waals surface area contributed by atoms with Crippen LogP contribution < -0.4 is 15.4 Å². The quantitative estimate of drug-likeness (QED) is 0.0907. The van der Waals surface area contributed by atoms with Crippen molar-refractivity contribution in [2.75, 3.05) is 37.7 Å². The molecule has 288 valence electrons. The number of hydrogen-bond acceptors (Lipinski definition) is 7. The van der Waals surface area contributed by atoms with Crippen LogP contribution in [0.3, 0.4) is 0 Å². The van der Waals surface area contributed by atoms with Crippen LogP contribution in [0.15, 0.2) is 64.9 Å². The molecule has 0 atom stereocenters. The number of benzene rings is 2. The number of aryl methyl sites for hydroxylation is 2. The number of rotatable bonds is 14. The maximum Gasteiger partial charge on any atom is 0.442 e. The number of hydrogen-bond donors (Lipinski definition) is 0. The second kappa shape index (κ2) is 22.9. The van der Waals surface area contributed by atoms with E-state index < -0.39 is 10.6 Å². The highest BCUT2D eigenvalue weighted by Crippen LogP contribution is 2.34. The van der Waals surface area contributed by atoms with Crippen LogP contribution in [0.1, 0.15) is 65.5 Å². The fourth-order valence-corrected chi connectivity index (χ4v) is 5.41. The van der Waals surface area contributed by atoms with Gasteiger partial charge >= 0.3 is 5.76 Å². The van der Waals surface area contributed by atoms with Crippen LogP contribution in [0.5, 0.6) is 5.75 Å². The van der Waals surface area contributed by atoms with E-state index in [-0.39, 0.29) is 41.0 Å². The van der Waals surface area contributed by atoms with Gasteiger partial charge < -0.3 is 18.8 Å². The van der Waals surface area contributed by atoms with Crippen molar-refractivity contribution in [3.05, 3.63) is 93.3 Å². The standard InChI is InChI=1S/C15H18Cl2N2O3.C14H20ClNO2.C8H11Cl2NO/c1-8(2)21-12-7-11(9(16)6-10(12)17)19-14(20)22-13(18-19)15(3,4)5;1-4-11-7-6-8-12(5-2)14(11)16(10-18-3)13(17)9-15;1-3-5-11(6-4-2)8(12)7(9)10/h6-8H,1-5H3;6-8H,4-5,9-10H2,1-3H3;3-4,7H,1-2,5-6H2. The van der Waals surface area contributed by atoms with Crippen molar-refractivity contribution in [2.45, 2.75) is 77.7 Å². The number of carbonyl (C=O) groups excluding carboxylic acids is 2. The smallest absolute Gasteiger partial charge is 0.442 e. The number of alkyl halides is 3. The van der Waals surface area contributed by atoms with E-state index >= 15 is 0 Å². The second-order valence-electron chi connectivity index (χ2n) is 12.4. The van der Waals surface area contributed by atoms with Gasteiger partial charge in [-0.05, 0) is 43.9 Å². The van der Waals surface area contributed by atoms with Crippen LogP contribution in [-0.2, 0) is 32.6 Å². The Morgan fingerprint density at radius 2 is 1.58 bits per heavy atom. The largest absolute Gasteiger partial charge is 0.489 e. The summed E-state index contributed by atoms with van der Waals surface area (Å²) in [5.41, 5.74) is 3.22. The molecule has 0 fully saturated rings. The minimum Gasteiger partial charge on any atom is -0.489 e. The van der Waals surface area contributed by atoms with Crippen molar-refractivity contribution in [3.63, 3.8) is 0 Å². The maximum atomic E-state index is 12.1. The molecule has 15 heteroatoms. The summed E-state index contributed by atoms with van der Waals surface area (Å²) < 4.78 is 17.1. The first-order valence-electron chi connectivity index (χ1n) is 16.4. The predicted octanol–water partition coefficient (Wildman–Crippen LogP) is 9.19. The Kier molecular flexibility index (Phi) is 20.7. The molecular weight excluding hydrogens is 774 g/mol. The normalized spacial score (nSPS) is 10.9. The van der Waals surface area contributed by atoms with Gasteiger partial charge in [-0.15, -0.1) is 29.9 Å². The number of aromatic nitrogens is 2. The fraction of sp³-hybridized carbons (Fsp3) is 0.459. The van der Waals surface area contributed by atoms with Gasteiger partial charge in [-0.1, -0.05) is 111 Å². The van der Waals surface area contributed by atoms with Gasteiger partial charge in [0.05, 0.1) is 27.5 Å². The van der Waals surface area contributed by atoms with Crippen molar-refractivity contribution in [1.82, 2.24) is 14.7 Å². The molecule has 0 radical (unpaired) electrons. The van der Waals surface area contributed by atoms with Crippen LogP contribution in [-0.4, -0.2) is 70.2 Å². The zero-order valence-corrected chi connectivity index (χ0v) is 34.8. The van der Waals surface area contributed by atoms with Crippen molar-refractivity contribution >= 4 is 75.5 Å². The summed E-state index contributed by atoms with van der Waals surface area (Å²) in [6.07, 6.45) is 4.90. The average molecular weight is 823 g/mol. The Morgan fingerprint density at radius 3 is 1.98 bits per heavy atom. The molecule has 2 aromatic carbocycles. The zero-order valence-electron chi connectivity index (χ0n) is 31.0. The van der Waals surface area contributed by atoms with Crippen LogP contribution in [0, 0.1) is 0 Å². The van der Waals surface area contributed by atoms with Gasteiger partial charge in [0.1, 0.15) is 18.4 Å². The van der Waals surface area contributed by atoms with E-state index in [9.17, 15) is 14.4 Å². The van der Waals surface area contributed by atoms with Crippen LogP contribution in [0.2, 0.25) is 10.0 Å². The number of amides is 2. The Hall–Kier alpha value is -2.99. The zero-order chi connectivity index (χ0) is 39.8. The van der Waals surface area contributed by atoms with Gasteiger partial charge in [0.2, 0.25) is 11.8 Å². The summed E-state index contributed by atoms with van der Waals surface area (Å²) in [5, 5.41) is 4.88. The molecule has 10 nitrogen and oxygen atoms in total. The number of halogens is 5. The molecule has 2 amide bonds. The van der Waals surface area contributed by atoms with Gasteiger partial charge in [0.25, 0.3) is 5.91 Å². The summed E-state index contributed by atoms with van der Waals surface area (Å²) in [6.45, 7) is 21.7. The Morgan fingerprint density at radius 1 is 1.02 bits per heavy atom. The van der Waals surface area contributed by atoms with Crippen LogP contribution in [0.25, 0.3) is 5.69 Å². The lowest BCUT2D eigenvalue weighted by Crippen LogP contribution is -2.35. The molecule has 52 heavy (non-hydrogen) atoms. The first-order valence-corrected chi connectivity index (χ1v) is 18.6. The molecule has 0 N–H and O–H groups in total. The highest BCUT2D eigenvalue weighted by Gasteiger charge is 2.25. The maximum absolute atomic E-state index is 12.1. The average Bonchev–Trinajstić information content (AvgIpc) is 3.49. The summed E-state index contributed by atoms with van der Waals surface area (Å²) in [6, 6.07) is 9.21. The van der Waals surface area contributed by atoms with E-state index in [2.05, 4.69) is 32.1 Å². The summed E-state index contributed by atoms with van der Waals surface area (Å²) in [5.74, 6) is -0.333. The topological polar surface area (TPSA) is 107 Å². The summed E-state index contributed by atoms with van der Waals surface area (Å²) in [7, 11) is 1.58. The number of nitrogens with zero attached hydrogens (tertiary/aromatic N) is 4. The highest BCUT2D eigenvalue weighted by atomic mass is 35.5. The lowest BCUT2D eigenvalue weighted by atomic mass is 9.97. The molecule has 0 aliphatic rings. The third kappa shape index (κ3) is 14.1. The van der Waals surface area contributed by atoms with E-state index in [0.29, 0.717) is 35.4 Å². The third-order valence-electron chi connectivity index (χ3n) is 6.89. The number of methoxy groups -OCH3 is 1. The van der Waals surface area contributed by atoms with Gasteiger partial charge in [-0.3, -0.25) is 14.5 Å². The predicted molar refractivity (Wildman–Crippen MR) is 214 cm³/mol. The summed E-state index contributed by atoms with van der Waals surface area (Å²) in [4.78, 5) is 37.3. The molecule has 1 heterocycles. The molecule has 1 aromatic heterocycles.